The van der Waals surface area contributed by atoms with Crippen LogP contribution in [0, 0.1) is 10.1 Å². The summed E-state index contributed by atoms with van der Waals surface area (Å²) in [5.74, 6) is 1.20. The second-order valence-corrected chi connectivity index (χ2v) is 6.73. The van der Waals surface area contributed by atoms with Gasteiger partial charge in [-0.15, -0.1) is 0 Å². The van der Waals surface area contributed by atoms with E-state index < -0.39 is 0 Å². The van der Waals surface area contributed by atoms with Crippen LogP contribution in [-0.2, 0) is 0 Å². The van der Waals surface area contributed by atoms with Crippen molar-refractivity contribution in [3.05, 3.63) is 32.8 Å². The molecule has 6 heteroatoms. The monoisotopic (exact) mass is 330 g/mol. The highest BCUT2D eigenvalue weighted by molar-refractivity contribution is 9.10. The van der Waals surface area contributed by atoms with Crippen molar-refractivity contribution in [3.8, 4) is 0 Å². The van der Waals surface area contributed by atoms with E-state index in [0.717, 1.165) is 16.6 Å². The van der Waals surface area contributed by atoms with E-state index in [1.807, 2.05) is 11.8 Å². The molecule has 0 spiro atoms. The second-order valence-electron chi connectivity index (χ2n) is 4.39. The van der Waals surface area contributed by atoms with E-state index >= 15 is 0 Å². The van der Waals surface area contributed by atoms with Gasteiger partial charge in [-0.2, -0.15) is 11.8 Å². The summed E-state index contributed by atoms with van der Waals surface area (Å²) in [6, 6.07) is 5.20. The van der Waals surface area contributed by atoms with Crippen LogP contribution in [0.4, 0.5) is 11.4 Å². The fourth-order valence-electron chi connectivity index (χ4n) is 2.05. The van der Waals surface area contributed by atoms with Gasteiger partial charge in [-0.25, -0.2) is 0 Å². The highest BCUT2D eigenvalue weighted by Crippen LogP contribution is 2.32. The molecule has 1 aliphatic heterocycles. The van der Waals surface area contributed by atoms with Crippen LogP contribution in [0.3, 0.4) is 0 Å². The highest BCUT2D eigenvalue weighted by atomic mass is 79.9. The Labute approximate surface area is 119 Å². The first-order valence-corrected chi connectivity index (χ1v) is 7.74. The minimum Gasteiger partial charge on any atom is -0.380 e. The number of nitrogens with one attached hydrogen (secondary N) is 1. The number of anilines is 1. The first-order chi connectivity index (χ1) is 8.58. The van der Waals surface area contributed by atoms with Gasteiger partial charge in [-0.3, -0.25) is 10.1 Å². The Morgan fingerprint density at radius 1 is 1.56 bits per heavy atom. The molecule has 0 bridgehead atoms. The number of nitro groups is 1. The molecule has 0 radical (unpaired) electrons. The molecule has 1 N–H and O–H groups in total. The number of benzene rings is 1. The van der Waals surface area contributed by atoms with Crippen LogP contribution in [0.15, 0.2) is 22.7 Å². The second kappa shape index (κ2) is 5.93. The first-order valence-electron chi connectivity index (χ1n) is 5.90. The average molecular weight is 331 g/mol. The molecule has 0 amide bonds. The summed E-state index contributed by atoms with van der Waals surface area (Å²) in [4.78, 5) is 10.4. The predicted octanol–water partition coefficient (Wildman–Crippen LogP) is 4.05. The van der Waals surface area contributed by atoms with Gasteiger partial charge in [0, 0.05) is 27.9 Å². The summed E-state index contributed by atoms with van der Waals surface area (Å²) in [5.41, 5.74) is 0.931. The summed E-state index contributed by atoms with van der Waals surface area (Å²) in [5, 5.41) is 14.7. The van der Waals surface area contributed by atoms with Crippen LogP contribution in [0.2, 0.25) is 0 Å². The van der Waals surface area contributed by atoms with Crippen molar-refractivity contribution >= 4 is 39.1 Å². The molecule has 98 valence electrons. The summed E-state index contributed by atoms with van der Waals surface area (Å²) in [7, 11) is 0. The minimum atomic E-state index is -0.364. The van der Waals surface area contributed by atoms with Crippen LogP contribution < -0.4 is 5.32 Å². The highest BCUT2D eigenvalue weighted by Gasteiger charge is 2.22. The normalized spacial score (nSPS) is 23.7. The lowest BCUT2D eigenvalue weighted by Crippen LogP contribution is -2.32. The molecular weight excluding hydrogens is 316 g/mol. The number of hydrogen-bond acceptors (Lipinski definition) is 4. The number of hydrogen-bond donors (Lipinski definition) is 1. The van der Waals surface area contributed by atoms with Crippen molar-refractivity contribution < 1.29 is 4.92 Å². The van der Waals surface area contributed by atoms with Gasteiger partial charge in [0.25, 0.3) is 5.69 Å². The molecule has 1 aromatic rings. The van der Waals surface area contributed by atoms with Crippen LogP contribution in [0.25, 0.3) is 0 Å². The van der Waals surface area contributed by atoms with E-state index in [4.69, 9.17) is 0 Å². The third kappa shape index (κ3) is 3.17. The Bertz CT molecular complexity index is 456. The van der Waals surface area contributed by atoms with Gasteiger partial charge in [0.15, 0.2) is 0 Å². The maximum atomic E-state index is 10.8. The van der Waals surface area contributed by atoms with Gasteiger partial charge in [0.2, 0.25) is 0 Å². The van der Waals surface area contributed by atoms with E-state index in [9.17, 15) is 10.1 Å². The summed E-state index contributed by atoms with van der Waals surface area (Å²) in [6.45, 7) is 2.20. The molecule has 1 saturated heterocycles. The van der Waals surface area contributed by atoms with E-state index in [-0.39, 0.29) is 10.6 Å². The van der Waals surface area contributed by atoms with Gasteiger partial charge in [-0.1, -0.05) is 6.92 Å². The van der Waals surface area contributed by atoms with Crippen molar-refractivity contribution in [1.82, 2.24) is 0 Å². The lowest BCUT2D eigenvalue weighted by Gasteiger charge is -2.30. The van der Waals surface area contributed by atoms with Gasteiger partial charge < -0.3 is 5.32 Å². The molecule has 2 rings (SSSR count). The molecule has 2 atom stereocenters. The Balaban J connectivity index is 2.17. The number of rotatable bonds is 3. The molecule has 0 aliphatic carbocycles. The van der Waals surface area contributed by atoms with Crippen molar-refractivity contribution in [1.29, 1.82) is 0 Å². The molecule has 0 aromatic heterocycles. The zero-order valence-corrected chi connectivity index (χ0v) is 12.5. The number of nitrogens with zero attached hydrogens (tertiary/aromatic N) is 1. The van der Waals surface area contributed by atoms with Crippen molar-refractivity contribution in [2.45, 2.75) is 31.1 Å². The number of thioether (sulfide) groups is 1. The Morgan fingerprint density at radius 2 is 2.33 bits per heavy atom. The Hall–Kier alpha value is -0.750. The van der Waals surface area contributed by atoms with Gasteiger partial charge in [0.1, 0.15) is 0 Å². The standard InChI is InChI=1S/C12H15BrN2O2S/c1-8-11(3-2-6-18-8)14-12-7-9(15(16)17)4-5-10(12)13/h4-5,7-8,11,14H,2-3,6H2,1H3. The summed E-state index contributed by atoms with van der Waals surface area (Å²) in [6.07, 6.45) is 2.31. The van der Waals surface area contributed by atoms with E-state index in [1.54, 1.807) is 12.1 Å². The first kappa shape index (κ1) is 13.7. The topological polar surface area (TPSA) is 55.2 Å². The Kier molecular flexibility index (Phi) is 4.50. The molecule has 1 aromatic carbocycles. The molecular formula is C12H15BrN2O2S. The third-order valence-corrected chi connectivity index (χ3v) is 5.18. The van der Waals surface area contributed by atoms with Crippen molar-refractivity contribution in [2.24, 2.45) is 0 Å². The number of nitro benzene ring substituents is 1. The summed E-state index contributed by atoms with van der Waals surface area (Å²) >= 11 is 5.38. The fourth-order valence-corrected chi connectivity index (χ4v) is 3.55. The van der Waals surface area contributed by atoms with E-state index in [0.29, 0.717) is 11.3 Å². The maximum absolute atomic E-state index is 10.8. The van der Waals surface area contributed by atoms with E-state index in [1.165, 1.54) is 18.2 Å². The number of non-ortho nitro benzene ring substituents is 1. The van der Waals surface area contributed by atoms with Crippen molar-refractivity contribution in [3.63, 3.8) is 0 Å². The number of halogens is 1. The van der Waals surface area contributed by atoms with Crippen LogP contribution >= 0.6 is 27.7 Å². The largest absolute Gasteiger partial charge is 0.380 e. The minimum absolute atomic E-state index is 0.122. The van der Waals surface area contributed by atoms with Gasteiger partial charge in [0.05, 0.1) is 10.6 Å². The molecule has 1 heterocycles. The van der Waals surface area contributed by atoms with Gasteiger partial charge in [-0.05, 0) is 40.6 Å². The van der Waals surface area contributed by atoms with Crippen LogP contribution in [0.1, 0.15) is 19.8 Å². The quantitative estimate of drug-likeness (QED) is 0.670. The Morgan fingerprint density at radius 3 is 3.00 bits per heavy atom. The average Bonchev–Trinajstić information content (AvgIpc) is 2.34. The molecule has 1 fully saturated rings. The SMILES string of the molecule is CC1SCCCC1Nc1cc([N+](=O)[O-])ccc1Br. The zero-order chi connectivity index (χ0) is 13.1. The molecule has 0 saturated carbocycles. The van der Waals surface area contributed by atoms with Crippen LogP contribution in [-0.4, -0.2) is 22.0 Å². The lowest BCUT2D eigenvalue weighted by atomic mass is 10.1. The van der Waals surface area contributed by atoms with Gasteiger partial charge >= 0.3 is 0 Å². The predicted molar refractivity (Wildman–Crippen MR) is 79.4 cm³/mol. The smallest absolute Gasteiger partial charge is 0.271 e. The lowest BCUT2D eigenvalue weighted by molar-refractivity contribution is -0.384. The van der Waals surface area contributed by atoms with Crippen LogP contribution in [0.5, 0.6) is 0 Å². The molecule has 1 aliphatic rings. The molecule has 2 unspecified atom stereocenters. The molecule has 4 nitrogen and oxygen atoms in total. The van der Waals surface area contributed by atoms with E-state index in [2.05, 4.69) is 28.2 Å². The maximum Gasteiger partial charge on any atom is 0.271 e. The third-order valence-electron chi connectivity index (χ3n) is 3.11. The summed E-state index contributed by atoms with van der Waals surface area (Å²) < 4.78 is 0.871. The fraction of sp³-hybridized carbons (Fsp3) is 0.500. The van der Waals surface area contributed by atoms with Crippen molar-refractivity contribution in [2.75, 3.05) is 11.1 Å². The molecule has 18 heavy (non-hydrogen) atoms. The zero-order valence-electron chi connectivity index (χ0n) is 10.1.